The lowest BCUT2D eigenvalue weighted by Crippen LogP contribution is -2.18. The lowest BCUT2D eigenvalue weighted by molar-refractivity contribution is 0.0924. The highest BCUT2D eigenvalue weighted by molar-refractivity contribution is 7.99. The molecule has 0 bridgehead atoms. The van der Waals surface area contributed by atoms with Crippen LogP contribution >= 0.6 is 24.2 Å². The summed E-state index contributed by atoms with van der Waals surface area (Å²) in [5.41, 5.74) is 5.72. The monoisotopic (exact) mass is 494 g/mol. The minimum Gasteiger partial charge on any atom is -0.317 e. The molecule has 176 valence electrons. The van der Waals surface area contributed by atoms with Gasteiger partial charge in [-0.1, -0.05) is 24.3 Å². The first kappa shape index (κ1) is 23.1. The Kier molecular flexibility index (Phi) is 6.25. The first-order valence-electron chi connectivity index (χ1n) is 11.7. The van der Waals surface area contributed by atoms with Crippen molar-refractivity contribution in [2.24, 2.45) is 11.8 Å². The van der Waals surface area contributed by atoms with Gasteiger partial charge in [0, 0.05) is 17.9 Å². The van der Waals surface area contributed by atoms with Gasteiger partial charge in [0.05, 0.1) is 11.0 Å². The van der Waals surface area contributed by atoms with Crippen LogP contribution in [0, 0.1) is 18.8 Å². The van der Waals surface area contributed by atoms with Gasteiger partial charge in [-0.2, -0.15) is 11.8 Å². The summed E-state index contributed by atoms with van der Waals surface area (Å²) in [6, 6.07) is 12.2. The zero-order valence-electron chi connectivity index (χ0n) is 19.0. The lowest BCUT2D eigenvalue weighted by atomic mass is 9.92. The highest BCUT2D eigenvalue weighted by atomic mass is 35.5. The second kappa shape index (κ2) is 9.19. The fraction of sp³-hybridized carbons (Fsp3) is 0.385. The Balaban J connectivity index is 0.00000241. The number of rotatable bonds is 4. The van der Waals surface area contributed by atoms with Gasteiger partial charge >= 0.3 is 0 Å². The number of ketones is 1. The molecule has 0 saturated carbocycles. The van der Waals surface area contributed by atoms with E-state index in [1.165, 1.54) is 35.5 Å². The third kappa shape index (κ3) is 3.95. The number of H-pyrrole nitrogens is 1. The summed E-state index contributed by atoms with van der Waals surface area (Å²) in [5, 5.41) is 8.60. The molecule has 0 unspecified atom stereocenters. The zero-order valence-corrected chi connectivity index (χ0v) is 20.7. The molecule has 1 saturated heterocycles. The number of benzene rings is 2. The van der Waals surface area contributed by atoms with Crippen molar-refractivity contribution in [3.63, 3.8) is 0 Å². The van der Waals surface area contributed by atoms with E-state index in [-0.39, 0.29) is 29.7 Å². The largest absolute Gasteiger partial charge is 0.317 e. The number of nitrogens with zero attached hydrogens (tertiary/aromatic N) is 3. The molecule has 3 heterocycles. The van der Waals surface area contributed by atoms with Crippen LogP contribution in [0.4, 0.5) is 0 Å². The highest BCUT2D eigenvalue weighted by Gasteiger charge is 2.29. The zero-order chi connectivity index (χ0) is 22.5. The predicted molar refractivity (Wildman–Crippen MR) is 139 cm³/mol. The lowest BCUT2D eigenvalue weighted by Gasteiger charge is -2.20. The van der Waals surface area contributed by atoms with Crippen molar-refractivity contribution in [3.8, 4) is 0 Å². The van der Waals surface area contributed by atoms with E-state index in [1.54, 1.807) is 0 Å². The Morgan fingerprint density at radius 3 is 2.53 bits per heavy atom. The summed E-state index contributed by atoms with van der Waals surface area (Å²) in [7, 11) is 0. The molecular formula is C26H27ClN4O2S. The number of hydrogen-bond acceptors (Lipinski definition) is 5. The summed E-state index contributed by atoms with van der Waals surface area (Å²) < 4.78 is 1.91. The van der Waals surface area contributed by atoms with Gasteiger partial charge in [0.1, 0.15) is 5.82 Å². The van der Waals surface area contributed by atoms with E-state index in [9.17, 15) is 9.59 Å². The van der Waals surface area contributed by atoms with Gasteiger partial charge < -0.3 is 4.98 Å². The molecule has 0 atom stereocenters. The van der Waals surface area contributed by atoms with Crippen molar-refractivity contribution in [2.75, 3.05) is 11.5 Å². The molecule has 2 aliphatic rings. The number of carbonyl (C=O) groups is 1. The van der Waals surface area contributed by atoms with E-state index in [4.69, 9.17) is 0 Å². The fourth-order valence-corrected chi connectivity index (χ4v) is 6.65. The van der Waals surface area contributed by atoms with Gasteiger partial charge in [-0.25, -0.2) is 0 Å². The Hall–Kier alpha value is -2.64. The molecule has 34 heavy (non-hydrogen) atoms. The van der Waals surface area contributed by atoms with E-state index in [0.29, 0.717) is 22.6 Å². The molecule has 6 rings (SSSR count). The Morgan fingerprint density at radius 1 is 1.12 bits per heavy atom. The first-order chi connectivity index (χ1) is 16.1. The number of thioether (sulfide) groups is 1. The number of aromatic nitrogens is 4. The van der Waals surface area contributed by atoms with Crippen LogP contribution in [0.25, 0.3) is 16.7 Å². The summed E-state index contributed by atoms with van der Waals surface area (Å²) in [6.45, 7) is 1.98. The predicted octanol–water partition coefficient (Wildman–Crippen LogP) is 4.58. The fourth-order valence-electron chi connectivity index (χ4n) is 5.44. The summed E-state index contributed by atoms with van der Waals surface area (Å²) in [5.74, 6) is 3.86. The van der Waals surface area contributed by atoms with Gasteiger partial charge in [0.15, 0.2) is 5.78 Å². The number of carbonyl (C=O) groups excluding carboxylic acids is 1. The molecule has 8 heteroatoms. The first-order valence-corrected chi connectivity index (χ1v) is 12.8. The molecule has 6 nitrogen and oxygen atoms in total. The third-order valence-corrected chi connectivity index (χ3v) is 8.31. The summed E-state index contributed by atoms with van der Waals surface area (Å²) in [4.78, 5) is 29.2. The smallest absolute Gasteiger partial charge is 0.294 e. The van der Waals surface area contributed by atoms with Crippen molar-refractivity contribution in [1.82, 2.24) is 19.6 Å². The second-order valence-electron chi connectivity index (χ2n) is 9.41. The molecular weight excluding hydrogens is 468 g/mol. The topological polar surface area (TPSA) is 80.1 Å². The van der Waals surface area contributed by atoms with Crippen molar-refractivity contribution in [2.45, 2.75) is 39.0 Å². The van der Waals surface area contributed by atoms with Crippen LogP contribution in [0.5, 0.6) is 0 Å². The van der Waals surface area contributed by atoms with E-state index in [2.05, 4.69) is 27.3 Å². The molecule has 1 aliphatic carbocycles. The maximum Gasteiger partial charge on any atom is 0.294 e. The Labute approximate surface area is 208 Å². The quantitative estimate of drug-likeness (QED) is 0.420. The van der Waals surface area contributed by atoms with E-state index < -0.39 is 0 Å². The normalized spacial score (nSPS) is 16.6. The number of aromatic amines is 1. The summed E-state index contributed by atoms with van der Waals surface area (Å²) in [6.07, 6.45) is 4.71. The molecule has 2 aromatic carbocycles. The third-order valence-electron chi connectivity index (χ3n) is 7.26. The van der Waals surface area contributed by atoms with Gasteiger partial charge in [0.2, 0.25) is 5.65 Å². The number of nitrogens with one attached hydrogen (secondary N) is 1. The molecule has 0 radical (unpaired) electrons. The SMILES string of the molecule is Cc1cc2c(cc1C(=O)C1Cc3ccccc3C1)[nH]c(=O)c1nnc(CC3CCSCC3)n12.Cl. The van der Waals surface area contributed by atoms with E-state index in [0.717, 1.165) is 36.2 Å². The second-order valence-corrected chi connectivity index (χ2v) is 10.6. The maximum absolute atomic E-state index is 13.5. The standard InChI is InChI=1S/C26H26N4O2S.ClH/c1-15-10-22-21(14-20(15)24(31)19-12-17-4-2-3-5-18(17)13-19)27-26(32)25-29-28-23(30(22)25)11-16-6-8-33-9-7-16;/h2-5,10,14,16,19H,6-9,11-13H2,1H3,(H,27,32);1H. The number of Topliss-reactive ketones (excluding diaryl/α,β-unsaturated/α-hetero) is 1. The number of hydrogen-bond donors (Lipinski definition) is 1. The molecule has 4 aromatic rings. The average molecular weight is 495 g/mol. The van der Waals surface area contributed by atoms with Crippen molar-refractivity contribution in [3.05, 3.63) is 74.8 Å². The molecule has 1 N–H and O–H groups in total. The van der Waals surface area contributed by atoms with Gasteiger partial charge in [-0.05, 0) is 78.9 Å². The summed E-state index contributed by atoms with van der Waals surface area (Å²) >= 11 is 2.00. The highest BCUT2D eigenvalue weighted by Crippen LogP contribution is 2.31. The molecule has 0 spiro atoms. The number of fused-ring (bicyclic) bond motifs is 4. The van der Waals surface area contributed by atoms with Crippen LogP contribution in [0.1, 0.15) is 45.7 Å². The molecule has 1 aliphatic heterocycles. The van der Waals surface area contributed by atoms with Crippen LogP contribution < -0.4 is 5.56 Å². The van der Waals surface area contributed by atoms with Crippen LogP contribution in [-0.4, -0.2) is 36.9 Å². The number of halogens is 1. The van der Waals surface area contributed by atoms with E-state index >= 15 is 0 Å². The molecule has 2 aromatic heterocycles. The minimum atomic E-state index is -0.268. The molecule has 1 fully saturated rings. The molecule has 0 amide bonds. The van der Waals surface area contributed by atoms with Gasteiger partial charge in [-0.3, -0.25) is 14.0 Å². The van der Waals surface area contributed by atoms with E-state index in [1.807, 2.05) is 47.4 Å². The number of aryl methyl sites for hydroxylation is 1. The van der Waals surface area contributed by atoms with Gasteiger partial charge in [0.25, 0.3) is 5.56 Å². The van der Waals surface area contributed by atoms with Crippen molar-refractivity contribution >= 4 is 46.6 Å². The van der Waals surface area contributed by atoms with Crippen LogP contribution in [0.3, 0.4) is 0 Å². The van der Waals surface area contributed by atoms with Crippen molar-refractivity contribution < 1.29 is 4.79 Å². The van der Waals surface area contributed by atoms with Crippen molar-refractivity contribution in [1.29, 1.82) is 0 Å². The maximum atomic E-state index is 13.5. The Morgan fingerprint density at radius 2 is 1.82 bits per heavy atom. The average Bonchev–Trinajstić information content (AvgIpc) is 3.45. The van der Waals surface area contributed by atoms with Crippen LogP contribution in [0.2, 0.25) is 0 Å². The van der Waals surface area contributed by atoms with Crippen LogP contribution in [-0.2, 0) is 19.3 Å². The van der Waals surface area contributed by atoms with Crippen LogP contribution in [0.15, 0.2) is 41.2 Å². The minimum absolute atomic E-state index is 0. The van der Waals surface area contributed by atoms with Gasteiger partial charge in [-0.15, -0.1) is 22.6 Å². The Bertz CT molecular complexity index is 1430.